The predicted molar refractivity (Wildman–Crippen MR) is 82.3 cm³/mol. The van der Waals surface area contributed by atoms with Gasteiger partial charge in [-0.1, -0.05) is 28.1 Å². The van der Waals surface area contributed by atoms with Gasteiger partial charge in [0.2, 0.25) is 0 Å². The van der Waals surface area contributed by atoms with Crippen LogP contribution in [0, 0.1) is 0 Å². The second-order valence-electron chi connectivity index (χ2n) is 4.56. The quantitative estimate of drug-likeness (QED) is 0.577. The topological polar surface area (TPSA) is 54.5 Å². The Bertz CT molecular complexity index is 929. The number of fused-ring (bicyclic) bond motifs is 2. The van der Waals surface area contributed by atoms with Gasteiger partial charge in [0, 0.05) is 15.4 Å². The van der Waals surface area contributed by atoms with Crippen molar-refractivity contribution >= 4 is 37.9 Å². The fourth-order valence-electron chi connectivity index (χ4n) is 2.24. The first kappa shape index (κ1) is 11.5. The Labute approximate surface area is 123 Å². The van der Waals surface area contributed by atoms with Crippen molar-refractivity contribution in [2.75, 3.05) is 0 Å². The largest absolute Gasteiger partial charge is 0.278 e. The molecule has 1 N–H and O–H groups in total. The van der Waals surface area contributed by atoms with Gasteiger partial charge < -0.3 is 0 Å². The van der Waals surface area contributed by atoms with Crippen LogP contribution in [0.2, 0.25) is 0 Å². The summed E-state index contributed by atoms with van der Waals surface area (Å²) in [6.45, 7) is 0. The molecule has 0 amide bonds. The standard InChI is InChI=1S/C15H9BrN4/c16-11-3-1-2-9(4-11)15-8-17-13-5-10-7-18-20-12(10)6-14(13)19-15/h1-8H,(H,18,20). The van der Waals surface area contributed by atoms with Crippen molar-refractivity contribution in [3.63, 3.8) is 0 Å². The minimum absolute atomic E-state index is 0.859. The number of hydrogen-bond donors (Lipinski definition) is 1. The molecule has 4 aromatic rings. The van der Waals surface area contributed by atoms with Gasteiger partial charge in [0.25, 0.3) is 0 Å². The minimum Gasteiger partial charge on any atom is -0.278 e. The van der Waals surface area contributed by atoms with E-state index in [-0.39, 0.29) is 0 Å². The van der Waals surface area contributed by atoms with Crippen LogP contribution in [0.1, 0.15) is 0 Å². The first-order valence-electron chi connectivity index (χ1n) is 6.15. The van der Waals surface area contributed by atoms with Gasteiger partial charge in [-0.15, -0.1) is 0 Å². The number of aromatic amines is 1. The van der Waals surface area contributed by atoms with E-state index in [1.54, 1.807) is 12.4 Å². The summed E-state index contributed by atoms with van der Waals surface area (Å²) in [7, 11) is 0. The molecule has 0 aliphatic carbocycles. The van der Waals surface area contributed by atoms with E-state index in [0.29, 0.717) is 0 Å². The normalized spacial score (nSPS) is 11.2. The Hall–Kier alpha value is -2.27. The molecule has 2 aromatic carbocycles. The summed E-state index contributed by atoms with van der Waals surface area (Å²) in [5.41, 5.74) is 4.60. The fourth-order valence-corrected chi connectivity index (χ4v) is 2.64. The molecule has 2 aromatic heterocycles. The first-order valence-corrected chi connectivity index (χ1v) is 6.95. The van der Waals surface area contributed by atoms with E-state index in [0.717, 1.165) is 37.7 Å². The Morgan fingerprint density at radius 2 is 1.95 bits per heavy atom. The number of nitrogens with one attached hydrogen (secondary N) is 1. The van der Waals surface area contributed by atoms with E-state index in [1.165, 1.54) is 0 Å². The third kappa shape index (κ3) is 1.87. The molecule has 0 spiro atoms. The number of aromatic nitrogens is 4. The number of nitrogens with zero attached hydrogens (tertiary/aromatic N) is 3. The summed E-state index contributed by atoms with van der Waals surface area (Å²) in [5.74, 6) is 0. The van der Waals surface area contributed by atoms with Gasteiger partial charge in [-0.25, -0.2) is 4.98 Å². The molecule has 4 nitrogen and oxygen atoms in total. The van der Waals surface area contributed by atoms with E-state index in [4.69, 9.17) is 0 Å². The van der Waals surface area contributed by atoms with Gasteiger partial charge in [-0.2, -0.15) is 5.10 Å². The van der Waals surface area contributed by atoms with Crippen molar-refractivity contribution in [1.29, 1.82) is 0 Å². The highest BCUT2D eigenvalue weighted by molar-refractivity contribution is 9.10. The van der Waals surface area contributed by atoms with Crippen LogP contribution >= 0.6 is 15.9 Å². The van der Waals surface area contributed by atoms with Crippen LogP contribution in [-0.4, -0.2) is 20.2 Å². The van der Waals surface area contributed by atoms with Gasteiger partial charge >= 0.3 is 0 Å². The highest BCUT2D eigenvalue weighted by atomic mass is 79.9. The Morgan fingerprint density at radius 3 is 2.85 bits per heavy atom. The van der Waals surface area contributed by atoms with Crippen LogP contribution in [0.4, 0.5) is 0 Å². The molecule has 0 unspecified atom stereocenters. The lowest BCUT2D eigenvalue weighted by Gasteiger charge is -2.03. The lowest BCUT2D eigenvalue weighted by Crippen LogP contribution is -1.88. The molecule has 0 saturated carbocycles. The Morgan fingerprint density at radius 1 is 1.00 bits per heavy atom. The second kappa shape index (κ2) is 4.38. The molecule has 20 heavy (non-hydrogen) atoms. The Kier molecular flexibility index (Phi) is 2.53. The van der Waals surface area contributed by atoms with E-state index in [9.17, 15) is 0 Å². The summed E-state index contributed by atoms with van der Waals surface area (Å²) in [6.07, 6.45) is 3.59. The van der Waals surface area contributed by atoms with Crippen molar-refractivity contribution in [3.05, 3.63) is 53.3 Å². The van der Waals surface area contributed by atoms with E-state index in [2.05, 4.69) is 36.1 Å². The van der Waals surface area contributed by atoms with Crippen LogP contribution < -0.4 is 0 Å². The fraction of sp³-hybridized carbons (Fsp3) is 0. The van der Waals surface area contributed by atoms with E-state index in [1.807, 2.05) is 36.4 Å². The molecule has 0 bridgehead atoms. The first-order chi connectivity index (χ1) is 9.79. The summed E-state index contributed by atoms with van der Waals surface area (Å²) in [6, 6.07) is 12.0. The summed E-state index contributed by atoms with van der Waals surface area (Å²) < 4.78 is 1.03. The maximum atomic E-state index is 4.69. The van der Waals surface area contributed by atoms with Crippen molar-refractivity contribution < 1.29 is 0 Å². The second-order valence-corrected chi connectivity index (χ2v) is 5.48. The van der Waals surface area contributed by atoms with Gasteiger partial charge in [0.1, 0.15) is 0 Å². The number of H-pyrrole nitrogens is 1. The predicted octanol–water partition coefficient (Wildman–Crippen LogP) is 3.94. The smallest absolute Gasteiger partial charge is 0.0916 e. The summed E-state index contributed by atoms with van der Waals surface area (Å²) >= 11 is 3.48. The lowest BCUT2D eigenvalue weighted by atomic mass is 10.1. The zero-order chi connectivity index (χ0) is 13.5. The monoisotopic (exact) mass is 324 g/mol. The van der Waals surface area contributed by atoms with Crippen LogP contribution in [-0.2, 0) is 0 Å². The van der Waals surface area contributed by atoms with Gasteiger partial charge in [0.05, 0.1) is 34.6 Å². The van der Waals surface area contributed by atoms with E-state index >= 15 is 0 Å². The van der Waals surface area contributed by atoms with Gasteiger partial charge in [-0.05, 0) is 24.3 Å². The molecule has 5 heteroatoms. The van der Waals surface area contributed by atoms with Crippen LogP contribution in [0.25, 0.3) is 33.2 Å². The van der Waals surface area contributed by atoms with Crippen molar-refractivity contribution in [2.45, 2.75) is 0 Å². The van der Waals surface area contributed by atoms with Crippen molar-refractivity contribution in [3.8, 4) is 11.3 Å². The molecule has 4 rings (SSSR count). The number of halogens is 1. The van der Waals surface area contributed by atoms with Crippen molar-refractivity contribution in [2.24, 2.45) is 0 Å². The zero-order valence-corrected chi connectivity index (χ0v) is 11.9. The minimum atomic E-state index is 0.859. The lowest BCUT2D eigenvalue weighted by molar-refractivity contribution is 1.12. The number of benzene rings is 2. The average Bonchev–Trinajstić information content (AvgIpc) is 2.91. The van der Waals surface area contributed by atoms with Gasteiger partial charge in [0.15, 0.2) is 0 Å². The molecule has 0 aliphatic heterocycles. The SMILES string of the molecule is Brc1cccc(-c2cnc3cc4cn[nH]c4cc3n2)c1. The third-order valence-corrected chi connectivity index (χ3v) is 3.72. The maximum Gasteiger partial charge on any atom is 0.0916 e. The molecule has 0 aliphatic rings. The highest BCUT2D eigenvalue weighted by Gasteiger charge is 2.05. The molecule has 96 valence electrons. The molecular weight excluding hydrogens is 316 g/mol. The molecular formula is C15H9BrN4. The van der Waals surface area contributed by atoms with Crippen LogP contribution in [0.5, 0.6) is 0 Å². The summed E-state index contributed by atoms with van der Waals surface area (Å²) in [4.78, 5) is 9.18. The highest BCUT2D eigenvalue weighted by Crippen LogP contribution is 2.24. The number of hydrogen-bond acceptors (Lipinski definition) is 3. The average molecular weight is 325 g/mol. The van der Waals surface area contributed by atoms with E-state index < -0.39 is 0 Å². The molecule has 0 saturated heterocycles. The maximum absolute atomic E-state index is 4.69. The van der Waals surface area contributed by atoms with Crippen molar-refractivity contribution in [1.82, 2.24) is 20.2 Å². The molecule has 0 fully saturated rings. The zero-order valence-electron chi connectivity index (χ0n) is 10.3. The summed E-state index contributed by atoms with van der Waals surface area (Å²) in [5, 5.41) is 8.03. The molecule has 0 atom stereocenters. The molecule has 2 heterocycles. The third-order valence-electron chi connectivity index (χ3n) is 3.22. The Balaban J connectivity index is 1.95. The van der Waals surface area contributed by atoms with Crippen LogP contribution in [0.15, 0.2) is 53.3 Å². The van der Waals surface area contributed by atoms with Gasteiger partial charge in [-0.3, -0.25) is 10.1 Å². The molecule has 0 radical (unpaired) electrons. The van der Waals surface area contributed by atoms with Crippen LogP contribution in [0.3, 0.4) is 0 Å². The number of rotatable bonds is 1.